The van der Waals surface area contributed by atoms with Crippen molar-refractivity contribution in [3.8, 4) is 0 Å². The highest BCUT2D eigenvalue weighted by atomic mass is 14.5. The lowest BCUT2D eigenvalue weighted by atomic mass is 9.53. The summed E-state index contributed by atoms with van der Waals surface area (Å²) in [6.45, 7) is 12.4. The molecule has 0 saturated heterocycles. The van der Waals surface area contributed by atoms with E-state index in [1.54, 1.807) is 11.1 Å². The van der Waals surface area contributed by atoms with Gasteiger partial charge in [-0.1, -0.05) is 43.6 Å². The fourth-order valence-corrected chi connectivity index (χ4v) is 5.61. The number of rotatable bonds is 0. The monoisotopic (exact) mass is 272 g/mol. The third-order valence-electron chi connectivity index (χ3n) is 7.22. The Balaban J connectivity index is 2.01. The summed E-state index contributed by atoms with van der Waals surface area (Å²) >= 11 is 0. The zero-order chi connectivity index (χ0) is 14.5. The van der Waals surface area contributed by atoms with Crippen molar-refractivity contribution in [2.75, 3.05) is 0 Å². The molecule has 3 aliphatic rings. The molecule has 0 heterocycles. The van der Waals surface area contributed by atoms with Gasteiger partial charge < -0.3 is 0 Å². The number of hydrogen-bond acceptors (Lipinski definition) is 0. The average Bonchev–Trinajstić information content (AvgIpc) is 2.35. The predicted octanol–water partition coefficient (Wildman–Crippen LogP) is 6.29. The standard InChI is InChI=1S/C20H32/c1-14-7-6-11-20(5)12-10-17-15(2)8-9-16(13-18(14)20)19(17,3)4/h7,16,18H,6,8-13H2,1-5H3/t16?,18-,20?/m0/s1. The first-order valence-corrected chi connectivity index (χ1v) is 8.70. The van der Waals surface area contributed by atoms with Crippen molar-refractivity contribution in [1.29, 1.82) is 0 Å². The van der Waals surface area contributed by atoms with Gasteiger partial charge in [0.05, 0.1) is 0 Å². The highest BCUT2D eigenvalue weighted by molar-refractivity contribution is 5.27. The molecule has 3 atom stereocenters. The topological polar surface area (TPSA) is 0 Å². The van der Waals surface area contributed by atoms with Gasteiger partial charge in [0, 0.05) is 0 Å². The molecular formula is C20H32. The maximum absolute atomic E-state index is 2.58. The summed E-state index contributed by atoms with van der Waals surface area (Å²) < 4.78 is 0. The zero-order valence-electron chi connectivity index (χ0n) is 14.2. The van der Waals surface area contributed by atoms with Gasteiger partial charge in [-0.3, -0.25) is 0 Å². The van der Waals surface area contributed by atoms with Crippen molar-refractivity contribution in [2.24, 2.45) is 22.7 Å². The molecule has 20 heavy (non-hydrogen) atoms. The van der Waals surface area contributed by atoms with Crippen LogP contribution in [0.3, 0.4) is 0 Å². The Morgan fingerprint density at radius 3 is 2.55 bits per heavy atom. The van der Waals surface area contributed by atoms with Crippen LogP contribution < -0.4 is 0 Å². The van der Waals surface area contributed by atoms with E-state index in [0.717, 1.165) is 11.8 Å². The molecule has 0 amide bonds. The summed E-state index contributed by atoms with van der Waals surface area (Å²) in [5.41, 5.74) is 6.25. The molecule has 3 aliphatic carbocycles. The molecule has 1 fully saturated rings. The van der Waals surface area contributed by atoms with Crippen LogP contribution >= 0.6 is 0 Å². The first kappa shape index (κ1) is 14.4. The Hall–Kier alpha value is -0.520. The highest BCUT2D eigenvalue weighted by Gasteiger charge is 2.46. The van der Waals surface area contributed by atoms with Crippen molar-refractivity contribution >= 4 is 0 Å². The van der Waals surface area contributed by atoms with Crippen LogP contribution in [0.4, 0.5) is 0 Å². The zero-order valence-corrected chi connectivity index (χ0v) is 14.2. The van der Waals surface area contributed by atoms with E-state index >= 15 is 0 Å². The number of allylic oxidation sites excluding steroid dienone is 4. The second-order valence-electron chi connectivity index (χ2n) is 8.65. The van der Waals surface area contributed by atoms with E-state index in [-0.39, 0.29) is 0 Å². The minimum Gasteiger partial charge on any atom is -0.0853 e. The quantitative estimate of drug-likeness (QED) is 0.455. The van der Waals surface area contributed by atoms with Gasteiger partial charge >= 0.3 is 0 Å². The molecule has 0 aliphatic heterocycles. The van der Waals surface area contributed by atoms with Gasteiger partial charge in [-0.25, -0.2) is 0 Å². The van der Waals surface area contributed by atoms with E-state index in [0.29, 0.717) is 10.8 Å². The lowest BCUT2D eigenvalue weighted by molar-refractivity contribution is 0.0802. The first-order chi connectivity index (χ1) is 9.34. The van der Waals surface area contributed by atoms with E-state index in [2.05, 4.69) is 40.7 Å². The molecular weight excluding hydrogens is 240 g/mol. The molecule has 0 N–H and O–H groups in total. The molecule has 0 spiro atoms. The smallest absolute Gasteiger partial charge is 0.0114 e. The van der Waals surface area contributed by atoms with E-state index in [1.807, 2.05) is 5.57 Å². The summed E-state index contributed by atoms with van der Waals surface area (Å²) in [4.78, 5) is 0. The largest absolute Gasteiger partial charge is 0.0853 e. The van der Waals surface area contributed by atoms with Crippen LogP contribution in [0, 0.1) is 22.7 Å². The fourth-order valence-electron chi connectivity index (χ4n) is 5.61. The molecule has 0 aromatic heterocycles. The second-order valence-corrected chi connectivity index (χ2v) is 8.65. The highest BCUT2D eigenvalue weighted by Crippen LogP contribution is 2.57. The molecule has 0 radical (unpaired) electrons. The number of hydrogen-bond donors (Lipinski definition) is 0. The minimum atomic E-state index is 0.446. The molecule has 0 aromatic rings. The molecule has 2 unspecified atom stereocenters. The summed E-state index contributed by atoms with van der Waals surface area (Å²) in [5.74, 6) is 1.74. The lowest BCUT2D eigenvalue weighted by Gasteiger charge is -2.52. The van der Waals surface area contributed by atoms with Crippen LogP contribution in [0.25, 0.3) is 0 Å². The Labute approximate surface area is 125 Å². The van der Waals surface area contributed by atoms with Crippen molar-refractivity contribution < 1.29 is 0 Å². The summed E-state index contributed by atoms with van der Waals surface area (Å²) in [7, 11) is 0. The normalized spacial score (nSPS) is 40.5. The molecule has 2 bridgehead atoms. The Morgan fingerprint density at radius 2 is 1.80 bits per heavy atom. The van der Waals surface area contributed by atoms with Crippen LogP contribution in [0.2, 0.25) is 0 Å². The molecule has 0 aromatic carbocycles. The Bertz CT molecular complexity index is 462. The van der Waals surface area contributed by atoms with E-state index in [4.69, 9.17) is 0 Å². The van der Waals surface area contributed by atoms with Crippen LogP contribution in [0.1, 0.15) is 79.6 Å². The van der Waals surface area contributed by atoms with Crippen molar-refractivity contribution in [1.82, 2.24) is 0 Å². The maximum Gasteiger partial charge on any atom is -0.0114 e. The summed E-state index contributed by atoms with van der Waals surface area (Å²) in [6.07, 6.45) is 12.2. The SMILES string of the molecule is CC1=CCCC2(C)CCC3=C(C)CCC(C[C@@H]12)C3(C)C. The van der Waals surface area contributed by atoms with Gasteiger partial charge in [-0.15, -0.1) is 0 Å². The fraction of sp³-hybridized carbons (Fsp3) is 0.800. The van der Waals surface area contributed by atoms with Gasteiger partial charge in [0.15, 0.2) is 0 Å². The van der Waals surface area contributed by atoms with E-state index < -0.39 is 0 Å². The van der Waals surface area contributed by atoms with Crippen molar-refractivity contribution in [3.05, 3.63) is 22.8 Å². The minimum absolute atomic E-state index is 0.446. The van der Waals surface area contributed by atoms with E-state index in [1.165, 1.54) is 44.9 Å². The summed E-state index contributed by atoms with van der Waals surface area (Å²) in [5, 5.41) is 0. The maximum atomic E-state index is 2.58. The predicted molar refractivity (Wildman–Crippen MR) is 87.6 cm³/mol. The lowest BCUT2D eigenvalue weighted by Crippen LogP contribution is -2.41. The Kier molecular flexibility index (Phi) is 3.42. The van der Waals surface area contributed by atoms with Gasteiger partial charge in [-0.05, 0) is 81.5 Å². The molecule has 1 saturated carbocycles. The van der Waals surface area contributed by atoms with Crippen molar-refractivity contribution in [3.63, 3.8) is 0 Å². The number of fused-ring (bicyclic) bond motifs is 3. The van der Waals surface area contributed by atoms with Crippen LogP contribution in [0.15, 0.2) is 22.8 Å². The summed E-state index contributed by atoms with van der Waals surface area (Å²) in [6, 6.07) is 0. The van der Waals surface area contributed by atoms with Gasteiger partial charge in [0.25, 0.3) is 0 Å². The average molecular weight is 272 g/mol. The molecule has 3 rings (SSSR count). The molecule has 0 heteroatoms. The Morgan fingerprint density at radius 1 is 1.05 bits per heavy atom. The van der Waals surface area contributed by atoms with Crippen molar-refractivity contribution in [2.45, 2.75) is 79.6 Å². The third kappa shape index (κ3) is 2.11. The van der Waals surface area contributed by atoms with E-state index in [9.17, 15) is 0 Å². The molecule has 112 valence electrons. The van der Waals surface area contributed by atoms with Crippen LogP contribution in [0.5, 0.6) is 0 Å². The van der Waals surface area contributed by atoms with Crippen LogP contribution in [-0.4, -0.2) is 0 Å². The van der Waals surface area contributed by atoms with Gasteiger partial charge in [0.1, 0.15) is 0 Å². The second kappa shape index (κ2) is 4.75. The van der Waals surface area contributed by atoms with Gasteiger partial charge in [0.2, 0.25) is 0 Å². The van der Waals surface area contributed by atoms with Crippen LogP contribution in [-0.2, 0) is 0 Å². The third-order valence-corrected chi connectivity index (χ3v) is 7.22. The molecule has 0 nitrogen and oxygen atoms in total. The van der Waals surface area contributed by atoms with Gasteiger partial charge in [-0.2, -0.15) is 0 Å². The first-order valence-electron chi connectivity index (χ1n) is 8.70.